The summed E-state index contributed by atoms with van der Waals surface area (Å²) in [6.45, 7) is 3.00. The smallest absolute Gasteiger partial charge is 0.348 e. The van der Waals surface area contributed by atoms with Crippen LogP contribution in [-0.2, 0) is 19.1 Å². The van der Waals surface area contributed by atoms with E-state index < -0.39 is 17.7 Å². The minimum absolute atomic E-state index is 0.187. The number of benzene rings is 1. The molecule has 1 saturated heterocycles. The van der Waals surface area contributed by atoms with Crippen molar-refractivity contribution in [3.05, 3.63) is 51.3 Å². The highest BCUT2D eigenvalue weighted by Gasteiger charge is 2.39. The summed E-state index contributed by atoms with van der Waals surface area (Å²) < 4.78 is 16.8. The van der Waals surface area contributed by atoms with Crippen LogP contribution in [0.3, 0.4) is 0 Å². The predicted octanol–water partition coefficient (Wildman–Crippen LogP) is 3.77. The first kappa shape index (κ1) is 15.8. The first-order valence-electron chi connectivity index (χ1n) is 6.89. The Morgan fingerprint density at radius 3 is 2.30 bits per heavy atom. The average molecular weight is 424 g/mol. The average Bonchev–Trinajstić information content (AvgIpc) is 2.91. The van der Waals surface area contributed by atoms with Crippen molar-refractivity contribution in [2.75, 3.05) is 0 Å². The number of halogens is 1. The van der Waals surface area contributed by atoms with Gasteiger partial charge in [-0.3, -0.25) is 0 Å². The highest BCUT2D eigenvalue weighted by atomic mass is 127. The van der Waals surface area contributed by atoms with Gasteiger partial charge in [-0.25, -0.2) is 9.59 Å². The lowest BCUT2D eigenvalue weighted by molar-refractivity contribution is -0.222. The Hall–Kier alpha value is -2.09. The van der Waals surface area contributed by atoms with Gasteiger partial charge in [-0.15, -0.1) is 0 Å². The second kappa shape index (κ2) is 5.84. The molecule has 2 heterocycles. The molecule has 0 amide bonds. The summed E-state index contributed by atoms with van der Waals surface area (Å²) >= 11 is 2.22. The number of carbonyl (C=O) groups is 2. The number of carbonyl (C=O) groups excluding carboxylic acids is 2. The maximum Gasteiger partial charge on any atom is 0.348 e. The van der Waals surface area contributed by atoms with E-state index in [9.17, 15) is 9.59 Å². The van der Waals surface area contributed by atoms with Gasteiger partial charge in [0, 0.05) is 29.1 Å². The molecular weight excluding hydrogens is 411 g/mol. The molecule has 2 aromatic rings. The van der Waals surface area contributed by atoms with Gasteiger partial charge >= 0.3 is 11.9 Å². The van der Waals surface area contributed by atoms with Gasteiger partial charge < -0.3 is 13.9 Å². The van der Waals surface area contributed by atoms with Crippen molar-refractivity contribution in [3.63, 3.8) is 0 Å². The van der Waals surface area contributed by atoms with Crippen molar-refractivity contribution in [2.45, 2.75) is 19.6 Å². The van der Waals surface area contributed by atoms with E-state index in [0.29, 0.717) is 11.5 Å². The van der Waals surface area contributed by atoms with Gasteiger partial charge in [-0.05, 0) is 40.8 Å². The maximum atomic E-state index is 11.9. The molecule has 3 rings (SSSR count). The second-order valence-corrected chi connectivity index (χ2v) is 6.58. The summed E-state index contributed by atoms with van der Waals surface area (Å²) in [5.41, 5.74) is 0.751. The molecule has 1 aromatic heterocycles. The van der Waals surface area contributed by atoms with E-state index in [1.165, 1.54) is 19.9 Å². The molecular formula is C17H13IO5. The fraction of sp³-hybridized carbons (Fsp3) is 0.176. The molecule has 0 spiro atoms. The molecule has 1 aliphatic rings. The summed E-state index contributed by atoms with van der Waals surface area (Å²) in [4.78, 5) is 23.8. The Labute approximate surface area is 146 Å². The van der Waals surface area contributed by atoms with Crippen LogP contribution in [0, 0.1) is 3.57 Å². The Balaban J connectivity index is 1.91. The van der Waals surface area contributed by atoms with E-state index in [-0.39, 0.29) is 5.57 Å². The van der Waals surface area contributed by atoms with Crippen LogP contribution < -0.4 is 0 Å². The number of cyclic esters (lactones) is 2. The number of ether oxygens (including phenoxy) is 2. The molecule has 1 aromatic carbocycles. The minimum Gasteiger partial charge on any atom is -0.457 e. The fourth-order valence-electron chi connectivity index (χ4n) is 2.16. The molecule has 6 heteroatoms. The number of esters is 2. The highest BCUT2D eigenvalue weighted by Crippen LogP contribution is 2.29. The molecule has 0 bridgehead atoms. The molecule has 1 fully saturated rings. The van der Waals surface area contributed by atoms with E-state index in [1.807, 2.05) is 24.3 Å². The summed E-state index contributed by atoms with van der Waals surface area (Å²) in [6.07, 6.45) is 1.33. The summed E-state index contributed by atoms with van der Waals surface area (Å²) in [5, 5.41) is 0. The topological polar surface area (TPSA) is 65.7 Å². The molecule has 0 aliphatic carbocycles. The van der Waals surface area contributed by atoms with E-state index >= 15 is 0 Å². The SMILES string of the molecule is CC1(C)OC(=O)C(=Cc2ccc(-c3ccccc3I)o2)C(=O)O1. The Morgan fingerprint density at radius 2 is 1.65 bits per heavy atom. The van der Waals surface area contributed by atoms with Crippen molar-refractivity contribution in [3.8, 4) is 11.3 Å². The normalized spacial score (nSPS) is 16.7. The number of furan rings is 1. The molecule has 118 valence electrons. The third kappa shape index (κ3) is 3.31. The minimum atomic E-state index is -1.25. The maximum absolute atomic E-state index is 11.9. The second-order valence-electron chi connectivity index (χ2n) is 5.42. The van der Waals surface area contributed by atoms with Gasteiger partial charge in [0.2, 0.25) is 0 Å². The van der Waals surface area contributed by atoms with Crippen molar-refractivity contribution in [1.29, 1.82) is 0 Å². The zero-order valence-corrected chi connectivity index (χ0v) is 14.6. The number of hydrogen-bond acceptors (Lipinski definition) is 5. The third-order valence-corrected chi connectivity index (χ3v) is 4.11. The zero-order chi connectivity index (χ0) is 16.6. The zero-order valence-electron chi connectivity index (χ0n) is 12.5. The molecule has 0 radical (unpaired) electrons. The van der Waals surface area contributed by atoms with Crippen molar-refractivity contribution < 1.29 is 23.5 Å². The quantitative estimate of drug-likeness (QED) is 0.318. The summed E-state index contributed by atoms with van der Waals surface area (Å²) in [7, 11) is 0. The molecule has 0 N–H and O–H groups in total. The lowest BCUT2D eigenvalue weighted by Crippen LogP contribution is -2.41. The molecule has 0 unspecified atom stereocenters. The largest absolute Gasteiger partial charge is 0.457 e. The number of hydrogen-bond donors (Lipinski definition) is 0. The van der Waals surface area contributed by atoms with Crippen molar-refractivity contribution in [2.24, 2.45) is 0 Å². The van der Waals surface area contributed by atoms with Crippen molar-refractivity contribution in [1.82, 2.24) is 0 Å². The van der Waals surface area contributed by atoms with E-state index in [4.69, 9.17) is 13.9 Å². The highest BCUT2D eigenvalue weighted by molar-refractivity contribution is 14.1. The first-order valence-corrected chi connectivity index (χ1v) is 7.97. The van der Waals surface area contributed by atoms with Gasteiger partial charge in [0.15, 0.2) is 0 Å². The van der Waals surface area contributed by atoms with Crippen LogP contribution in [0.15, 0.2) is 46.4 Å². The van der Waals surface area contributed by atoms with Gasteiger partial charge in [-0.2, -0.15) is 0 Å². The van der Waals surface area contributed by atoms with E-state index in [0.717, 1.165) is 9.13 Å². The van der Waals surface area contributed by atoms with Crippen LogP contribution >= 0.6 is 22.6 Å². The Kier molecular flexibility index (Phi) is 4.01. The Bertz CT molecular complexity index is 794. The Morgan fingerprint density at radius 1 is 1.00 bits per heavy atom. The van der Waals surface area contributed by atoms with Crippen LogP contribution in [0.5, 0.6) is 0 Å². The van der Waals surface area contributed by atoms with Crippen molar-refractivity contribution >= 4 is 40.6 Å². The summed E-state index contributed by atoms with van der Waals surface area (Å²) in [5.74, 6) is -1.67. The first-order chi connectivity index (χ1) is 10.9. The standard InChI is InChI=1S/C17H13IO5/c1-17(2)22-15(19)12(16(20)23-17)9-10-7-8-14(21-10)11-5-3-4-6-13(11)18/h3-9H,1-2H3. The van der Waals surface area contributed by atoms with E-state index in [1.54, 1.807) is 12.1 Å². The fourth-order valence-corrected chi connectivity index (χ4v) is 2.81. The monoisotopic (exact) mass is 424 g/mol. The molecule has 0 atom stereocenters. The van der Waals surface area contributed by atoms with Crippen LogP contribution in [0.25, 0.3) is 17.4 Å². The lowest BCUT2D eigenvalue weighted by atomic mass is 10.2. The number of rotatable bonds is 2. The predicted molar refractivity (Wildman–Crippen MR) is 91.1 cm³/mol. The van der Waals surface area contributed by atoms with Crippen LogP contribution in [0.4, 0.5) is 0 Å². The van der Waals surface area contributed by atoms with Gasteiger partial charge in [0.05, 0.1) is 0 Å². The van der Waals surface area contributed by atoms with Gasteiger partial charge in [-0.1, -0.05) is 18.2 Å². The molecule has 23 heavy (non-hydrogen) atoms. The lowest BCUT2D eigenvalue weighted by Gasteiger charge is -2.29. The molecule has 0 saturated carbocycles. The third-order valence-electron chi connectivity index (χ3n) is 3.17. The molecule has 5 nitrogen and oxygen atoms in total. The summed E-state index contributed by atoms with van der Waals surface area (Å²) in [6, 6.07) is 11.2. The van der Waals surface area contributed by atoms with E-state index in [2.05, 4.69) is 22.6 Å². The van der Waals surface area contributed by atoms with Gasteiger partial charge in [0.25, 0.3) is 5.79 Å². The van der Waals surface area contributed by atoms with Gasteiger partial charge in [0.1, 0.15) is 17.1 Å². The van der Waals surface area contributed by atoms with Crippen LogP contribution in [0.2, 0.25) is 0 Å². The van der Waals surface area contributed by atoms with Crippen LogP contribution in [0.1, 0.15) is 19.6 Å². The molecule has 1 aliphatic heterocycles. The van der Waals surface area contributed by atoms with Crippen LogP contribution in [-0.4, -0.2) is 17.7 Å².